The van der Waals surface area contributed by atoms with Crippen LogP contribution < -0.4 is 5.32 Å². The minimum atomic E-state index is -0.433. The van der Waals surface area contributed by atoms with Gasteiger partial charge in [-0.15, -0.1) is 0 Å². The molecule has 1 amide bonds. The van der Waals surface area contributed by atoms with Crippen LogP contribution in [0, 0.1) is 12.7 Å². The number of carbonyl (C=O) groups is 1. The first-order valence-corrected chi connectivity index (χ1v) is 8.66. The number of aromatic nitrogens is 4. The van der Waals surface area contributed by atoms with Gasteiger partial charge in [0.2, 0.25) is 0 Å². The summed E-state index contributed by atoms with van der Waals surface area (Å²) in [5, 5.41) is 11.6. The highest BCUT2D eigenvalue weighted by Crippen LogP contribution is 2.24. The van der Waals surface area contributed by atoms with Gasteiger partial charge in [-0.25, -0.2) is 4.39 Å². The van der Waals surface area contributed by atoms with Crippen LogP contribution >= 0.6 is 23.2 Å². The summed E-state index contributed by atoms with van der Waals surface area (Å²) >= 11 is 12.2. The molecule has 0 aliphatic rings. The summed E-state index contributed by atoms with van der Waals surface area (Å²) in [6.07, 6.45) is 3.16. The van der Waals surface area contributed by atoms with Gasteiger partial charge in [-0.2, -0.15) is 10.2 Å². The van der Waals surface area contributed by atoms with Gasteiger partial charge < -0.3 is 5.32 Å². The van der Waals surface area contributed by atoms with E-state index in [1.165, 1.54) is 23.0 Å². The molecular weight excluding hydrogens is 380 g/mol. The van der Waals surface area contributed by atoms with E-state index >= 15 is 0 Å². The Kier molecular flexibility index (Phi) is 5.29. The molecule has 9 heteroatoms. The molecular formula is C17H16Cl2FN5O. The van der Waals surface area contributed by atoms with Gasteiger partial charge in [-0.3, -0.25) is 14.2 Å². The maximum atomic E-state index is 13.9. The summed E-state index contributed by atoms with van der Waals surface area (Å²) in [4.78, 5) is 12.4. The molecule has 1 aromatic carbocycles. The summed E-state index contributed by atoms with van der Waals surface area (Å²) in [5.41, 5.74) is 1.35. The van der Waals surface area contributed by atoms with Gasteiger partial charge >= 0.3 is 0 Å². The highest BCUT2D eigenvalue weighted by atomic mass is 35.5. The summed E-state index contributed by atoms with van der Waals surface area (Å²) in [6.45, 7) is 4.43. The molecule has 1 N–H and O–H groups in total. The number of anilines is 1. The molecule has 0 saturated heterocycles. The van der Waals surface area contributed by atoms with Crippen molar-refractivity contribution in [1.82, 2.24) is 19.6 Å². The normalized spacial score (nSPS) is 11.0. The molecule has 0 bridgehead atoms. The van der Waals surface area contributed by atoms with Crippen LogP contribution in [0.2, 0.25) is 10.0 Å². The lowest BCUT2D eigenvalue weighted by atomic mass is 10.2. The second-order valence-corrected chi connectivity index (χ2v) is 6.48. The fourth-order valence-corrected chi connectivity index (χ4v) is 2.91. The molecule has 136 valence electrons. The molecule has 2 heterocycles. The smallest absolute Gasteiger partial charge is 0.260 e. The van der Waals surface area contributed by atoms with Crippen molar-refractivity contribution in [3.05, 3.63) is 63.3 Å². The first kappa shape index (κ1) is 18.4. The van der Waals surface area contributed by atoms with Crippen molar-refractivity contribution in [3.63, 3.8) is 0 Å². The third-order valence-electron chi connectivity index (χ3n) is 3.85. The molecule has 2 aromatic heterocycles. The number of rotatable bonds is 5. The molecule has 0 radical (unpaired) electrons. The van der Waals surface area contributed by atoms with Crippen molar-refractivity contribution >= 4 is 34.9 Å². The fourth-order valence-electron chi connectivity index (χ4n) is 2.49. The number of carbonyl (C=O) groups excluding carboxylic acids is 1. The maximum absolute atomic E-state index is 13.9. The zero-order valence-electron chi connectivity index (χ0n) is 14.1. The standard InChI is InChI=1S/C17H16Cl2FN5O/c1-3-24-7-11(10(2)22-24)17(26)21-16-14(19)9-25(23-16)8-12-13(18)5-4-6-15(12)20/h4-7,9H,3,8H2,1-2H3,(H,21,23,26). The van der Waals surface area contributed by atoms with Gasteiger partial charge in [0.15, 0.2) is 5.82 Å². The first-order valence-electron chi connectivity index (χ1n) is 7.90. The number of hydrogen-bond acceptors (Lipinski definition) is 3. The molecule has 26 heavy (non-hydrogen) atoms. The molecule has 0 saturated carbocycles. The maximum Gasteiger partial charge on any atom is 0.260 e. The predicted molar refractivity (Wildman–Crippen MR) is 98.3 cm³/mol. The van der Waals surface area contributed by atoms with Crippen LogP contribution in [-0.4, -0.2) is 25.5 Å². The van der Waals surface area contributed by atoms with E-state index in [4.69, 9.17) is 23.2 Å². The monoisotopic (exact) mass is 395 g/mol. The summed E-state index contributed by atoms with van der Waals surface area (Å²) in [5.74, 6) is -0.608. The van der Waals surface area contributed by atoms with Crippen LogP contribution in [-0.2, 0) is 13.1 Å². The van der Waals surface area contributed by atoms with Crippen LogP contribution in [0.15, 0.2) is 30.6 Å². The van der Waals surface area contributed by atoms with Gasteiger partial charge in [0.25, 0.3) is 5.91 Å². The summed E-state index contributed by atoms with van der Waals surface area (Å²) in [7, 11) is 0. The predicted octanol–water partition coefficient (Wildman–Crippen LogP) is 4.15. The summed E-state index contributed by atoms with van der Waals surface area (Å²) in [6, 6.07) is 4.45. The third-order valence-corrected chi connectivity index (χ3v) is 4.48. The first-order chi connectivity index (χ1) is 12.4. The Labute approximate surface area is 159 Å². The van der Waals surface area contributed by atoms with Crippen molar-refractivity contribution in [2.45, 2.75) is 26.9 Å². The fraction of sp³-hybridized carbons (Fsp3) is 0.235. The van der Waals surface area contributed by atoms with E-state index in [1.54, 1.807) is 23.9 Å². The molecule has 3 aromatic rings. The quantitative estimate of drug-likeness (QED) is 0.705. The Morgan fingerprint density at radius 2 is 1.96 bits per heavy atom. The minimum absolute atomic E-state index is 0.0912. The highest BCUT2D eigenvalue weighted by molar-refractivity contribution is 6.33. The van der Waals surface area contributed by atoms with E-state index in [9.17, 15) is 9.18 Å². The highest BCUT2D eigenvalue weighted by Gasteiger charge is 2.17. The van der Waals surface area contributed by atoms with Crippen molar-refractivity contribution < 1.29 is 9.18 Å². The van der Waals surface area contributed by atoms with E-state index in [-0.39, 0.29) is 23.3 Å². The number of nitrogens with one attached hydrogen (secondary N) is 1. The molecule has 3 rings (SSSR count). The van der Waals surface area contributed by atoms with E-state index < -0.39 is 5.82 Å². The van der Waals surface area contributed by atoms with E-state index in [1.807, 2.05) is 6.92 Å². The number of amides is 1. The van der Waals surface area contributed by atoms with E-state index in [0.717, 1.165) is 0 Å². The van der Waals surface area contributed by atoms with Gasteiger partial charge in [-0.1, -0.05) is 29.3 Å². The number of nitrogens with zero attached hydrogens (tertiary/aromatic N) is 4. The Morgan fingerprint density at radius 1 is 1.19 bits per heavy atom. The third kappa shape index (κ3) is 3.73. The van der Waals surface area contributed by atoms with Gasteiger partial charge in [0.05, 0.1) is 17.8 Å². The summed E-state index contributed by atoms with van der Waals surface area (Å²) < 4.78 is 17.0. The average Bonchev–Trinajstić information content (AvgIpc) is 3.14. The Balaban J connectivity index is 1.80. The molecule has 0 spiro atoms. The topological polar surface area (TPSA) is 64.7 Å². The molecule has 6 nitrogen and oxygen atoms in total. The van der Waals surface area contributed by atoms with Crippen LogP contribution in [0.5, 0.6) is 0 Å². The van der Waals surface area contributed by atoms with Gasteiger partial charge in [0, 0.05) is 29.5 Å². The van der Waals surface area contributed by atoms with Crippen molar-refractivity contribution in [2.24, 2.45) is 0 Å². The number of benzene rings is 1. The Hall–Kier alpha value is -2.38. The van der Waals surface area contributed by atoms with Crippen molar-refractivity contribution in [3.8, 4) is 0 Å². The lowest BCUT2D eigenvalue weighted by Crippen LogP contribution is -2.13. The van der Waals surface area contributed by atoms with Gasteiger partial charge in [-0.05, 0) is 26.0 Å². The number of halogens is 3. The minimum Gasteiger partial charge on any atom is -0.304 e. The molecule has 0 fully saturated rings. The van der Waals surface area contributed by atoms with Crippen molar-refractivity contribution in [2.75, 3.05) is 5.32 Å². The molecule has 0 aliphatic carbocycles. The van der Waals surface area contributed by atoms with Gasteiger partial charge in [0.1, 0.15) is 10.8 Å². The Morgan fingerprint density at radius 3 is 2.62 bits per heavy atom. The van der Waals surface area contributed by atoms with Crippen LogP contribution in [0.3, 0.4) is 0 Å². The SMILES string of the molecule is CCn1cc(C(=O)Nc2nn(Cc3c(F)cccc3Cl)cc2Cl)c(C)n1. The zero-order chi connectivity index (χ0) is 18.8. The molecule has 0 aliphatic heterocycles. The van der Waals surface area contributed by atoms with Crippen LogP contribution in [0.4, 0.5) is 10.2 Å². The second kappa shape index (κ2) is 7.47. The van der Waals surface area contributed by atoms with Crippen LogP contribution in [0.25, 0.3) is 0 Å². The largest absolute Gasteiger partial charge is 0.304 e. The average molecular weight is 396 g/mol. The molecule has 0 atom stereocenters. The second-order valence-electron chi connectivity index (χ2n) is 5.66. The number of aryl methyl sites for hydroxylation is 2. The lowest BCUT2D eigenvalue weighted by Gasteiger charge is -2.06. The van der Waals surface area contributed by atoms with E-state index in [0.29, 0.717) is 28.4 Å². The Bertz CT molecular complexity index is 946. The zero-order valence-corrected chi connectivity index (χ0v) is 15.6. The van der Waals surface area contributed by atoms with E-state index in [2.05, 4.69) is 15.5 Å². The lowest BCUT2D eigenvalue weighted by molar-refractivity contribution is 0.102. The van der Waals surface area contributed by atoms with Crippen molar-refractivity contribution in [1.29, 1.82) is 0 Å². The molecule has 0 unspecified atom stereocenters. The number of hydrogen-bond donors (Lipinski definition) is 1. The van der Waals surface area contributed by atoms with Crippen LogP contribution in [0.1, 0.15) is 28.5 Å².